The van der Waals surface area contributed by atoms with Crippen molar-refractivity contribution in [2.24, 2.45) is 0 Å². The van der Waals surface area contributed by atoms with Gasteiger partial charge in [0.25, 0.3) is 5.69 Å². The molecule has 0 saturated carbocycles. The van der Waals surface area contributed by atoms with Gasteiger partial charge < -0.3 is 15.0 Å². The van der Waals surface area contributed by atoms with Gasteiger partial charge in [-0.3, -0.25) is 10.1 Å². The standard InChI is InChI=1S/C13H18N4O4/c1-3-21-13(18)11-7-14-4-5-16(11)12-6-9(2)10(8-15-12)17(19)20/h6,8,11,14H,3-5,7H2,1-2H3. The molecule has 0 bridgehead atoms. The zero-order valence-corrected chi connectivity index (χ0v) is 12.0. The van der Waals surface area contributed by atoms with Gasteiger partial charge in [0, 0.05) is 25.2 Å². The highest BCUT2D eigenvalue weighted by Gasteiger charge is 2.31. The van der Waals surface area contributed by atoms with Crippen molar-refractivity contribution in [1.82, 2.24) is 10.3 Å². The Balaban J connectivity index is 2.27. The zero-order chi connectivity index (χ0) is 15.4. The fraction of sp³-hybridized carbons (Fsp3) is 0.538. The first kappa shape index (κ1) is 15.2. The fourth-order valence-corrected chi connectivity index (χ4v) is 2.31. The number of piperazine rings is 1. The van der Waals surface area contributed by atoms with E-state index in [4.69, 9.17) is 4.74 Å². The summed E-state index contributed by atoms with van der Waals surface area (Å²) in [6, 6.07) is 1.17. The number of hydrogen-bond acceptors (Lipinski definition) is 7. The predicted octanol–water partition coefficient (Wildman–Crippen LogP) is 0.640. The number of carbonyl (C=O) groups is 1. The van der Waals surface area contributed by atoms with E-state index in [1.54, 1.807) is 19.9 Å². The second-order valence-corrected chi connectivity index (χ2v) is 4.75. The van der Waals surface area contributed by atoms with Crippen molar-refractivity contribution in [3.8, 4) is 0 Å². The van der Waals surface area contributed by atoms with E-state index in [0.717, 1.165) is 0 Å². The lowest BCUT2D eigenvalue weighted by Crippen LogP contribution is -2.56. The molecule has 1 fully saturated rings. The van der Waals surface area contributed by atoms with Crippen LogP contribution in [0.4, 0.5) is 11.5 Å². The molecule has 1 saturated heterocycles. The highest BCUT2D eigenvalue weighted by molar-refractivity contribution is 5.80. The lowest BCUT2D eigenvalue weighted by molar-refractivity contribution is -0.385. The minimum absolute atomic E-state index is 0.0263. The summed E-state index contributed by atoms with van der Waals surface area (Å²) in [7, 11) is 0. The highest BCUT2D eigenvalue weighted by Crippen LogP contribution is 2.23. The summed E-state index contributed by atoms with van der Waals surface area (Å²) >= 11 is 0. The van der Waals surface area contributed by atoms with Crippen LogP contribution in [-0.4, -0.2) is 48.2 Å². The van der Waals surface area contributed by atoms with Crippen LogP contribution < -0.4 is 10.2 Å². The molecule has 1 N–H and O–H groups in total. The molecule has 0 aliphatic carbocycles. The Morgan fingerprint density at radius 3 is 3.05 bits per heavy atom. The van der Waals surface area contributed by atoms with Crippen LogP contribution in [0.5, 0.6) is 0 Å². The third-order valence-electron chi connectivity index (χ3n) is 3.36. The van der Waals surface area contributed by atoms with Gasteiger partial charge in [0.2, 0.25) is 0 Å². The Bertz CT molecular complexity index is 549. The second-order valence-electron chi connectivity index (χ2n) is 4.75. The van der Waals surface area contributed by atoms with Crippen molar-refractivity contribution in [2.75, 3.05) is 31.1 Å². The third kappa shape index (κ3) is 3.27. The van der Waals surface area contributed by atoms with E-state index in [1.165, 1.54) is 6.20 Å². The maximum Gasteiger partial charge on any atom is 0.330 e. The van der Waals surface area contributed by atoms with Crippen molar-refractivity contribution < 1.29 is 14.5 Å². The first-order valence-electron chi connectivity index (χ1n) is 6.79. The van der Waals surface area contributed by atoms with Gasteiger partial charge in [0.05, 0.1) is 11.5 Å². The number of hydrogen-bond donors (Lipinski definition) is 1. The first-order chi connectivity index (χ1) is 10.0. The van der Waals surface area contributed by atoms with E-state index in [9.17, 15) is 14.9 Å². The Labute approximate surface area is 122 Å². The molecule has 21 heavy (non-hydrogen) atoms. The summed E-state index contributed by atoms with van der Waals surface area (Å²) in [5.41, 5.74) is 0.493. The molecule has 1 aliphatic heterocycles. The SMILES string of the molecule is CCOC(=O)C1CNCCN1c1cc(C)c([N+](=O)[O-])cn1. The van der Waals surface area contributed by atoms with Crippen molar-refractivity contribution in [2.45, 2.75) is 19.9 Å². The van der Waals surface area contributed by atoms with Crippen LogP contribution in [0.1, 0.15) is 12.5 Å². The van der Waals surface area contributed by atoms with E-state index in [-0.39, 0.29) is 11.7 Å². The summed E-state index contributed by atoms with van der Waals surface area (Å²) < 4.78 is 5.07. The summed E-state index contributed by atoms with van der Waals surface area (Å²) in [5, 5.41) is 14.0. The number of aryl methyl sites for hydroxylation is 1. The molecule has 0 radical (unpaired) electrons. The summed E-state index contributed by atoms with van der Waals surface area (Å²) in [6.45, 7) is 5.51. The summed E-state index contributed by atoms with van der Waals surface area (Å²) in [5.74, 6) is 0.236. The van der Waals surface area contributed by atoms with Crippen molar-refractivity contribution >= 4 is 17.5 Å². The third-order valence-corrected chi connectivity index (χ3v) is 3.36. The largest absolute Gasteiger partial charge is 0.464 e. The average Bonchev–Trinajstić information content (AvgIpc) is 2.47. The zero-order valence-electron chi connectivity index (χ0n) is 12.0. The molecule has 1 aliphatic rings. The number of nitrogens with zero attached hydrogens (tertiary/aromatic N) is 3. The molecule has 1 unspecified atom stereocenters. The monoisotopic (exact) mass is 294 g/mol. The van der Waals surface area contributed by atoms with Gasteiger partial charge in [0.15, 0.2) is 0 Å². The normalized spacial score (nSPS) is 18.4. The lowest BCUT2D eigenvalue weighted by atomic mass is 10.1. The van der Waals surface area contributed by atoms with E-state index < -0.39 is 11.0 Å². The van der Waals surface area contributed by atoms with Gasteiger partial charge >= 0.3 is 5.97 Å². The summed E-state index contributed by atoms with van der Waals surface area (Å²) in [4.78, 5) is 28.3. The van der Waals surface area contributed by atoms with Crippen LogP contribution in [0, 0.1) is 17.0 Å². The Morgan fingerprint density at radius 2 is 2.43 bits per heavy atom. The van der Waals surface area contributed by atoms with Crippen molar-refractivity contribution in [3.05, 3.63) is 27.9 Å². The van der Waals surface area contributed by atoms with Crippen molar-refractivity contribution in [3.63, 3.8) is 0 Å². The number of pyridine rings is 1. The van der Waals surface area contributed by atoms with Gasteiger partial charge in [-0.15, -0.1) is 0 Å². The van der Waals surface area contributed by atoms with Gasteiger partial charge in [0.1, 0.15) is 18.1 Å². The highest BCUT2D eigenvalue weighted by atomic mass is 16.6. The second kappa shape index (κ2) is 6.49. The number of nitro groups is 1. The molecular formula is C13H18N4O4. The number of anilines is 1. The molecule has 1 aromatic heterocycles. The van der Waals surface area contributed by atoms with Crippen LogP contribution in [0.3, 0.4) is 0 Å². The van der Waals surface area contributed by atoms with Gasteiger partial charge in [-0.25, -0.2) is 9.78 Å². The number of aromatic nitrogens is 1. The fourth-order valence-electron chi connectivity index (χ4n) is 2.31. The molecule has 8 heteroatoms. The minimum Gasteiger partial charge on any atom is -0.464 e. The number of esters is 1. The summed E-state index contributed by atoms with van der Waals surface area (Å²) in [6.07, 6.45) is 1.23. The maximum absolute atomic E-state index is 12.0. The molecule has 2 heterocycles. The van der Waals surface area contributed by atoms with Crippen LogP contribution in [0.2, 0.25) is 0 Å². The average molecular weight is 294 g/mol. The van der Waals surface area contributed by atoms with Crippen molar-refractivity contribution in [1.29, 1.82) is 0 Å². The van der Waals surface area contributed by atoms with Crippen LogP contribution in [0.15, 0.2) is 12.3 Å². The maximum atomic E-state index is 12.0. The molecule has 114 valence electrons. The molecule has 0 amide bonds. The van der Waals surface area contributed by atoms with E-state index in [0.29, 0.717) is 37.6 Å². The van der Waals surface area contributed by atoms with Gasteiger partial charge in [-0.1, -0.05) is 0 Å². The Morgan fingerprint density at radius 1 is 1.67 bits per heavy atom. The smallest absolute Gasteiger partial charge is 0.330 e. The Kier molecular flexibility index (Phi) is 4.69. The van der Waals surface area contributed by atoms with Gasteiger partial charge in [-0.05, 0) is 19.9 Å². The Hall–Kier alpha value is -2.22. The molecule has 2 rings (SSSR count). The minimum atomic E-state index is -0.466. The molecule has 8 nitrogen and oxygen atoms in total. The van der Waals surface area contributed by atoms with E-state index in [1.807, 2.05) is 4.90 Å². The number of ether oxygens (including phenoxy) is 1. The molecular weight excluding hydrogens is 276 g/mol. The number of carbonyl (C=O) groups excluding carboxylic acids is 1. The molecule has 1 aromatic rings. The first-order valence-corrected chi connectivity index (χ1v) is 6.79. The van der Waals surface area contributed by atoms with E-state index in [2.05, 4.69) is 10.3 Å². The number of rotatable bonds is 4. The molecule has 0 spiro atoms. The van der Waals surface area contributed by atoms with Gasteiger partial charge in [-0.2, -0.15) is 0 Å². The predicted molar refractivity (Wildman–Crippen MR) is 76.3 cm³/mol. The van der Waals surface area contributed by atoms with Crippen LogP contribution in [0.25, 0.3) is 0 Å². The quantitative estimate of drug-likeness (QED) is 0.494. The molecule has 0 aromatic carbocycles. The van der Waals surface area contributed by atoms with Crippen LogP contribution in [-0.2, 0) is 9.53 Å². The van der Waals surface area contributed by atoms with Crippen LogP contribution >= 0.6 is 0 Å². The number of nitrogens with one attached hydrogen (secondary N) is 1. The van der Waals surface area contributed by atoms with E-state index >= 15 is 0 Å². The molecule has 1 atom stereocenters. The topological polar surface area (TPSA) is 97.6 Å². The lowest BCUT2D eigenvalue weighted by Gasteiger charge is -2.35.